The summed E-state index contributed by atoms with van der Waals surface area (Å²) in [5.41, 5.74) is 0. The molecule has 1 unspecified atom stereocenters. The lowest BCUT2D eigenvalue weighted by atomic mass is 10.3. The normalized spacial score (nSPS) is 15.8. The summed E-state index contributed by atoms with van der Waals surface area (Å²) in [4.78, 5) is 9.86. The van der Waals surface area contributed by atoms with Crippen molar-refractivity contribution in [3.05, 3.63) is 4.91 Å². The summed E-state index contributed by atoms with van der Waals surface area (Å²) in [5, 5.41) is 0. The van der Waals surface area contributed by atoms with Crippen LogP contribution in [0.3, 0.4) is 0 Å². The average Bonchev–Trinajstić information content (AvgIpc) is 1.99. The van der Waals surface area contributed by atoms with E-state index in [0.29, 0.717) is 3.71 Å². The van der Waals surface area contributed by atoms with Gasteiger partial charge < -0.3 is 4.55 Å². The zero-order valence-electron chi connectivity index (χ0n) is 7.84. The fourth-order valence-electron chi connectivity index (χ4n) is 0.517. The van der Waals surface area contributed by atoms with Gasteiger partial charge in [0, 0.05) is 3.71 Å². The van der Waals surface area contributed by atoms with E-state index in [4.69, 9.17) is 0 Å². The third kappa shape index (κ3) is 2.63. The van der Waals surface area contributed by atoms with Crippen LogP contribution in [0.4, 0.5) is 0 Å². The second-order valence-corrected chi connectivity index (χ2v) is 7.44. The molecule has 0 aromatic rings. The minimum Gasteiger partial charge on any atom is -0.568 e. The summed E-state index contributed by atoms with van der Waals surface area (Å²) in [6, 6.07) is 0. The smallest absolute Gasteiger partial charge is 0.260 e. The quantitative estimate of drug-likeness (QED) is 0.516. The Morgan fingerprint density at radius 3 is 2.00 bits per heavy atom. The van der Waals surface area contributed by atoms with Crippen LogP contribution in [-0.2, 0) is 21.6 Å². The van der Waals surface area contributed by atoms with Gasteiger partial charge in [-0.25, -0.2) is 8.42 Å². The summed E-state index contributed by atoms with van der Waals surface area (Å²) < 4.78 is 35.3. The van der Waals surface area contributed by atoms with Gasteiger partial charge in [-0.1, -0.05) is 4.91 Å². The molecule has 6 nitrogen and oxygen atoms in total. The molecule has 8 heteroatoms. The maximum Gasteiger partial charge on any atom is 0.260 e. The summed E-state index contributed by atoms with van der Waals surface area (Å²) in [7, 11) is -2.69. The van der Waals surface area contributed by atoms with Gasteiger partial charge in [0.15, 0.2) is 4.58 Å². The number of hydrogen-bond donors (Lipinski definition) is 0. The zero-order chi connectivity index (χ0) is 10.9. The number of sulfonamides is 1. The Kier molecular flexibility index (Phi) is 3.85. The second-order valence-electron chi connectivity index (χ2n) is 3.33. The van der Waals surface area contributed by atoms with Crippen LogP contribution in [0.25, 0.3) is 0 Å². The molecule has 0 N–H and O–H groups in total. The van der Waals surface area contributed by atoms with E-state index in [1.807, 2.05) is 0 Å². The van der Waals surface area contributed by atoms with Gasteiger partial charge in [0.25, 0.3) is 21.6 Å². The van der Waals surface area contributed by atoms with E-state index >= 15 is 0 Å². The molecule has 13 heavy (non-hydrogen) atoms. The highest BCUT2D eigenvalue weighted by Gasteiger charge is 2.40. The van der Waals surface area contributed by atoms with Crippen LogP contribution in [0.5, 0.6) is 0 Å². The molecule has 0 aliphatic carbocycles. The van der Waals surface area contributed by atoms with Gasteiger partial charge in [-0.3, -0.25) is 0 Å². The molecule has 1 atom stereocenters. The van der Waals surface area contributed by atoms with Crippen molar-refractivity contribution in [1.82, 2.24) is 3.71 Å². The first-order chi connectivity index (χ1) is 5.64. The van der Waals surface area contributed by atoms with Gasteiger partial charge >= 0.3 is 0 Å². The highest BCUT2D eigenvalue weighted by atomic mass is 32.3. The van der Waals surface area contributed by atoms with Crippen LogP contribution in [0.1, 0.15) is 20.8 Å². The number of rotatable bonds is 3. The molecule has 0 rings (SSSR count). The molecule has 0 bridgehead atoms. The first-order valence-electron chi connectivity index (χ1n) is 3.38. The SMILES string of the molecule is CN([S+]([O-])N=O)S(=O)(=O)C(C)(C)C. The van der Waals surface area contributed by atoms with E-state index in [9.17, 15) is 17.9 Å². The Morgan fingerprint density at radius 1 is 1.38 bits per heavy atom. The third-order valence-corrected chi connectivity index (χ3v) is 5.16. The molecular weight excluding hydrogens is 216 g/mol. The van der Waals surface area contributed by atoms with Crippen LogP contribution in [0.15, 0.2) is 4.58 Å². The molecular formula is C5H12N2O4S2. The van der Waals surface area contributed by atoms with E-state index in [2.05, 4.69) is 4.58 Å². The van der Waals surface area contributed by atoms with Crippen molar-refractivity contribution >= 4 is 21.6 Å². The zero-order valence-corrected chi connectivity index (χ0v) is 9.48. The van der Waals surface area contributed by atoms with Gasteiger partial charge in [0.2, 0.25) is 0 Å². The van der Waals surface area contributed by atoms with Gasteiger partial charge in [-0.15, -0.1) is 0 Å². The minimum atomic E-state index is -3.75. The topological polar surface area (TPSA) is 89.9 Å². The van der Waals surface area contributed by atoms with Crippen LogP contribution in [0, 0.1) is 4.91 Å². The van der Waals surface area contributed by atoms with Crippen molar-refractivity contribution in [3.8, 4) is 0 Å². The van der Waals surface area contributed by atoms with Crippen LogP contribution >= 0.6 is 0 Å². The van der Waals surface area contributed by atoms with Crippen LogP contribution in [0.2, 0.25) is 0 Å². The lowest BCUT2D eigenvalue weighted by Gasteiger charge is -2.22. The molecule has 0 aromatic carbocycles. The lowest BCUT2D eigenvalue weighted by molar-refractivity contribution is 0.501. The highest BCUT2D eigenvalue weighted by Crippen LogP contribution is 2.21. The number of hydrogen-bond acceptors (Lipinski definition) is 5. The molecule has 0 aliphatic rings. The first kappa shape index (κ1) is 12.8. The molecule has 0 saturated heterocycles. The molecule has 78 valence electrons. The Balaban J connectivity index is 4.98. The maximum absolute atomic E-state index is 11.5. The summed E-state index contributed by atoms with van der Waals surface area (Å²) in [6.45, 7) is 4.34. The Bertz CT molecular complexity index is 281. The van der Waals surface area contributed by atoms with Crippen molar-refractivity contribution in [3.63, 3.8) is 0 Å². The molecule has 0 spiro atoms. The predicted octanol–water partition coefficient (Wildman–Crippen LogP) is 0.392. The van der Waals surface area contributed by atoms with Crippen LogP contribution < -0.4 is 0 Å². The molecule has 0 aliphatic heterocycles. The van der Waals surface area contributed by atoms with Crippen molar-refractivity contribution in [2.75, 3.05) is 7.05 Å². The molecule has 0 heterocycles. The Hall–Kier alpha value is -0.180. The summed E-state index contributed by atoms with van der Waals surface area (Å²) >= 11 is -2.37. The summed E-state index contributed by atoms with van der Waals surface area (Å²) in [5.74, 6) is 0. The predicted molar refractivity (Wildman–Crippen MR) is 50.4 cm³/mol. The molecule has 0 saturated carbocycles. The van der Waals surface area contributed by atoms with E-state index in [0.717, 1.165) is 7.05 Å². The number of nitroso groups, excluding NO2 is 1. The van der Waals surface area contributed by atoms with Crippen molar-refractivity contribution in [2.45, 2.75) is 25.5 Å². The molecule has 0 fully saturated rings. The van der Waals surface area contributed by atoms with E-state index in [1.54, 1.807) is 0 Å². The maximum atomic E-state index is 11.5. The van der Waals surface area contributed by atoms with E-state index in [-0.39, 0.29) is 0 Å². The van der Waals surface area contributed by atoms with Gasteiger partial charge in [0.05, 0.1) is 11.8 Å². The van der Waals surface area contributed by atoms with Gasteiger partial charge in [-0.2, -0.15) is 0 Å². The molecule has 0 amide bonds. The Morgan fingerprint density at radius 2 is 1.77 bits per heavy atom. The fraction of sp³-hybridized carbons (Fsp3) is 1.00. The average molecular weight is 228 g/mol. The van der Waals surface area contributed by atoms with Gasteiger partial charge in [-0.05, 0) is 20.8 Å². The van der Waals surface area contributed by atoms with E-state index < -0.39 is 26.3 Å². The molecule has 0 radical (unpaired) electrons. The highest BCUT2D eigenvalue weighted by molar-refractivity contribution is 8.04. The third-order valence-electron chi connectivity index (χ3n) is 1.40. The minimum absolute atomic E-state index is 0.458. The largest absolute Gasteiger partial charge is 0.568 e. The van der Waals surface area contributed by atoms with Gasteiger partial charge in [0.1, 0.15) is 0 Å². The summed E-state index contributed by atoms with van der Waals surface area (Å²) in [6.07, 6.45) is 0. The monoisotopic (exact) mass is 228 g/mol. The van der Waals surface area contributed by atoms with Crippen molar-refractivity contribution < 1.29 is 13.0 Å². The fourth-order valence-corrected chi connectivity index (χ4v) is 2.81. The lowest BCUT2D eigenvalue weighted by Crippen LogP contribution is -2.42. The van der Waals surface area contributed by atoms with Crippen molar-refractivity contribution in [2.24, 2.45) is 4.58 Å². The van der Waals surface area contributed by atoms with Crippen molar-refractivity contribution in [1.29, 1.82) is 0 Å². The molecule has 0 aromatic heterocycles. The number of nitrogens with zero attached hydrogens (tertiary/aromatic N) is 2. The second kappa shape index (κ2) is 3.91. The van der Waals surface area contributed by atoms with E-state index in [1.165, 1.54) is 20.8 Å². The van der Waals surface area contributed by atoms with Crippen LogP contribution in [-0.4, -0.2) is 28.5 Å². The standard InChI is InChI=1S/C5H12N2O4S2/c1-5(2,3)13(10,11)7(4)12(9)6-8/h1-4H3. The first-order valence-corrected chi connectivity index (χ1v) is 5.89. The Labute approximate surface area is 80.8 Å².